The van der Waals surface area contributed by atoms with E-state index in [1.54, 1.807) is 55.5 Å². The van der Waals surface area contributed by atoms with E-state index >= 15 is 0 Å². The third-order valence-corrected chi connectivity index (χ3v) is 6.11. The predicted molar refractivity (Wildman–Crippen MR) is 166 cm³/mol. The highest BCUT2D eigenvalue weighted by Gasteiger charge is 2.18. The lowest BCUT2D eigenvalue weighted by atomic mass is 10.1. The van der Waals surface area contributed by atoms with Gasteiger partial charge < -0.3 is 35.1 Å². The van der Waals surface area contributed by atoms with Gasteiger partial charge >= 0.3 is 12.1 Å². The van der Waals surface area contributed by atoms with Crippen molar-refractivity contribution in [2.24, 2.45) is 5.92 Å². The summed E-state index contributed by atoms with van der Waals surface area (Å²) in [7, 11) is 0. The molecule has 2 amide bonds. The Balaban J connectivity index is 1.82. The Labute approximate surface area is 255 Å². The minimum Gasteiger partial charge on any atom is -0.489 e. The molecule has 0 saturated carbocycles. The number of aliphatic carboxylic acids is 1. The number of carboxylic acid groups (broad SMARTS) is 1. The van der Waals surface area contributed by atoms with E-state index in [4.69, 9.17) is 19.6 Å². The zero-order valence-corrected chi connectivity index (χ0v) is 25.2. The van der Waals surface area contributed by atoms with Gasteiger partial charge in [-0.15, -0.1) is 0 Å². The Bertz CT molecular complexity index is 1490. The highest BCUT2D eigenvalue weighted by molar-refractivity contribution is 6.09. The van der Waals surface area contributed by atoms with Crippen LogP contribution >= 0.6 is 0 Å². The molecule has 0 unspecified atom stereocenters. The fourth-order valence-corrected chi connectivity index (χ4v) is 4.06. The van der Waals surface area contributed by atoms with Crippen LogP contribution in [0.3, 0.4) is 0 Å². The number of amidine groups is 1. The van der Waals surface area contributed by atoms with Crippen LogP contribution in [-0.2, 0) is 22.7 Å². The third kappa shape index (κ3) is 9.73. The van der Waals surface area contributed by atoms with E-state index in [0.29, 0.717) is 46.0 Å². The first-order valence-electron chi connectivity index (χ1n) is 14.0. The van der Waals surface area contributed by atoms with Gasteiger partial charge in [-0.1, -0.05) is 25.5 Å². The molecule has 0 heterocycles. The molecule has 0 aliphatic rings. The fraction of sp³-hybridized carbons (Fsp3) is 0.312. The molecule has 0 bridgehead atoms. The van der Waals surface area contributed by atoms with E-state index in [0.717, 1.165) is 5.56 Å². The van der Waals surface area contributed by atoms with Gasteiger partial charge in [0.25, 0.3) is 5.91 Å². The number of hydrogen-bond acceptors (Lipinski definition) is 9. The maximum absolute atomic E-state index is 13.4. The first-order valence-corrected chi connectivity index (χ1v) is 14.0. The number of carbonyl (C=O) groups excluding carboxylic acids is 2. The van der Waals surface area contributed by atoms with Crippen molar-refractivity contribution in [1.29, 1.82) is 5.41 Å². The Morgan fingerprint density at radius 2 is 1.73 bits per heavy atom. The number of rotatable bonds is 14. The van der Waals surface area contributed by atoms with Gasteiger partial charge in [0.1, 0.15) is 5.84 Å². The van der Waals surface area contributed by atoms with Crippen LogP contribution < -0.4 is 25.4 Å². The number of alkyl carbamates (subject to hydrolysis) is 1. The van der Waals surface area contributed by atoms with Crippen molar-refractivity contribution in [1.82, 2.24) is 5.32 Å². The van der Waals surface area contributed by atoms with Crippen LogP contribution in [0.25, 0.3) is 0 Å². The predicted octanol–water partition coefficient (Wildman–Crippen LogP) is 4.92. The SMILES string of the molecule is CCOC(=O)NC(=N)c1ccc(NC(=O)c2cc(C)ccc2NCc2cc(CO)cc(OCC(C)C)c2OCC(=O)O)cc1. The summed E-state index contributed by atoms with van der Waals surface area (Å²) in [5.41, 5.74) is 3.71. The van der Waals surface area contributed by atoms with Gasteiger partial charge in [0.05, 0.1) is 25.4 Å². The van der Waals surface area contributed by atoms with Gasteiger partial charge in [-0.05, 0) is 73.9 Å². The summed E-state index contributed by atoms with van der Waals surface area (Å²) in [5, 5.41) is 35.5. The molecule has 0 radical (unpaired) electrons. The highest BCUT2D eigenvalue weighted by Crippen LogP contribution is 2.35. The number of hydrogen-bond donors (Lipinski definition) is 6. The van der Waals surface area contributed by atoms with Crippen molar-refractivity contribution in [2.75, 3.05) is 30.5 Å². The Morgan fingerprint density at radius 3 is 2.36 bits per heavy atom. The Kier molecular flexibility index (Phi) is 12.1. The zero-order chi connectivity index (χ0) is 32.2. The maximum Gasteiger partial charge on any atom is 0.412 e. The molecule has 3 aromatic rings. The summed E-state index contributed by atoms with van der Waals surface area (Å²) in [6.07, 6.45) is -0.725. The van der Waals surface area contributed by atoms with Crippen LogP contribution in [0.2, 0.25) is 0 Å². The number of carboxylic acids is 1. The summed E-state index contributed by atoms with van der Waals surface area (Å²) in [4.78, 5) is 36.3. The van der Waals surface area contributed by atoms with E-state index in [-0.39, 0.29) is 37.3 Å². The summed E-state index contributed by atoms with van der Waals surface area (Å²) in [6, 6.07) is 15.1. The van der Waals surface area contributed by atoms with Gasteiger partial charge in [-0.3, -0.25) is 15.5 Å². The lowest BCUT2D eigenvalue weighted by Crippen LogP contribution is -2.31. The van der Waals surface area contributed by atoms with Crippen LogP contribution in [0.5, 0.6) is 11.5 Å². The van der Waals surface area contributed by atoms with E-state index in [2.05, 4.69) is 16.0 Å². The van der Waals surface area contributed by atoms with Crippen LogP contribution in [0.15, 0.2) is 54.6 Å². The number of amides is 2. The summed E-state index contributed by atoms with van der Waals surface area (Å²) in [6.45, 7) is 7.30. The molecule has 0 aromatic heterocycles. The highest BCUT2D eigenvalue weighted by atomic mass is 16.5. The van der Waals surface area contributed by atoms with Crippen molar-refractivity contribution in [3.05, 3.63) is 82.4 Å². The molecule has 0 aliphatic carbocycles. The summed E-state index contributed by atoms with van der Waals surface area (Å²) >= 11 is 0. The van der Waals surface area contributed by atoms with Crippen molar-refractivity contribution in [2.45, 2.75) is 40.8 Å². The van der Waals surface area contributed by atoms with E-state index in [1.807, 2.05) is 26.8 Å². The molecule has 0 aliphatic heterocycles. The minimum atomic E-state index is -1.15. The van der Waals surface area contributed by atoms with Gasteiger partial charge in [-0.2, -0.15) is 0 Å². The van der Waals surface area contributed by atoms with Crippen molar-refractivity contribution < 1.29 is 38.8 Å². The smallest absolute Gasteiger partial charge is 0.412 e. The van der Waals surface area contributed by atoms with E-state index in [9.17, 15) is 24.6 Å². The molecule has 3 rings (SSSR count). The number of aliphatic hydroxyl groups is 1. The maximum atomic E-state index is 13.4. The van der Waals surface area contributed by atoms with Crippen LogP contribution in [0.1, 0.15) is 53.4 Å². The molecule has 0 atom stereocenters. The molecule has 3 aromatic carbocycles. The van der Waals surface area contributed by atoms with Crippen LogP contribution in [0.4, 0.5) is 16.2 Å². The van der Waals surface area contributed by atoms with Crippen LogP contribution in [-0.4, -0.2) is 53.8 Å². The molecule has 12 nitrogen and oxygen atoms in total. The number of aryl methyl sites for hydroxylation is 1. The molecule has 234 valence electrons. The molecule has 6 N–H and O–H groups in total. The Hall–Kier alpha value is -5.10. The number of nitrogens with one attached hydrogen (secondary N) is 4. The number of carbonyl (C=O) groups is 3. The second kappa shape index (κ2) is 15.9. The zero-order valence-electron chi connectivity index (χ0n) is 25.2. The molecule has 12 heteroatoms. The van der Waals surface area contributed by atoms with Crippen molar-refractivity contribution >= 4 is 35.2 Å². The second-order valence-corrected chi connectivity index (χ2v) is 10.3. The summed E-state index contributed by atoms with van der Waals surface area (Å²) < 4.78 is 16.3. The largest absolute Gasteiger partial charge is 0.489 e. The average molecular weight is 607 g/mol. The summed E-state index contributed by atoms with van der Waals surface area (Å²) in [5.74, 6) is -0.932. The molecule has 0 fully saturated rings. The van der Waals surface area contributed by atoms with E-state index in [1.165, 1.54) is 0 Å². The van der Waals surface area contributed by atoms with Crippen molar-refractivity contribution in [3.63, 3.8) is 0 Å². The number of benzene rings is 3. The van der Waals surface area contributed by atoms with Gasteiger partial charge in [0.15, 0.2) is 18.1 Å². The number of aliphatic hydroxyl groups excluding tert-OH is 1. The third-order valence-electron chi connectivity index (χ3n) is 6.11. The standard InChI is InChI=1S/C32H38N4O8/c1-5-42-32(41)36-30(33)22-7-9-24(10-8-22)35-31(40)25-12-20(4)6-11-26(25)34-15-23-13-21(16-37)14-27(43-17-19(2)3)29(23)44-18-28(38)39/h6-14,19,34,37H,5,15-18H2,1-4H3,(H,35,40)(H,38,39)(H2,33,36,41). The number of anilines is 2. The monoisotopic (exact) mass is 606 g/mol. The molecular formula is C32H38N4O8. The first kappa shape index (κ1) is 33.4. The molecule has 0 spiro atoms. The van der Waals surface area contributed by atoms with Crippen molar-refractivity contribution in [3.8, 4) is 11.5 Å². The van der Waals surface area contributed by atoms with Gasteiger partial charge in [-0.25, -0.2) is 9.59 Å². The van der Waals surface area contributed by atoms with Gasteiger partial charge in [0.2, 0.25) is 0 Å². The topological polar surface area (TPSA) is 179 Å². The normalized spacial score (nSPS) is 10.6. The number of ether oxygens (including phenoxy) is 3. The quantitative estimate of drug-likeness (QED) is 0.110. The minimum absolute atomic E-state index is 0.133. The van der Waals surface area contributed by atoms with Crippen LogP contribution in [0, 0.1) is 18.3 Å². The molecular weight excluding hydrogens is 568 g/mol. The lowest BCUT2D eigenvalue weighted by Gasteiger charge is -2.19. The fourth-order valence-electron chi connectivity index (χ4n) is 4.06. The average Bonchev–Trinajstić information content (AvgIpc) is 2.98. The molecule has 0 saturated heterocycles. The van der Waals surface area contributed by atoms with Gasteiger partial charge in [0, 0.05) is 29.0 Å². The first-order chi connectivity index (χ1) is 21.0. The molecule has 44 heavy (non-hydrogen) atoms. The van der Waals surface area contributed by atoms with E-state index < -0.39 is 24.6 Å². The Morgan fingerprint density at radius 1 is 1.00 bits per heavy atom. The lowest BCUT2D eigenvalue weighted by molar-refractivity contribution is -0.139. The second-order valence-electron chi connectivity index (χ2n) is 10.3.